The number of aryl methyl sites for hydroxylation is 1. The van der Waals surface area contributed by atoms with Gasteiger partial charge in [-0.2, -0.15) is 5.26 Å². The lowest BCUT2D eigenvalue weighted by Gasteiger charge is -2.16. The minimum absolute atomic E-state index is 0.0247. The molecular weight excluding hydrogens is 318 g/mol. The topological polar surface area (TPSA) is 96.2 Å². The summed E-state index contributed by atoms with van der Waals surface area (Å²) < 4.78 is 8.80. The molecule has 1 fully saturated rings. The summed E-state index contributed by atoms with van der Waals surface area (Å²) in [5.74, 6) is 0. The molecule has 1 saturated heterocycles. The lowest BCUT2D eigenvalue weighted by atomic mass is 10.2. The number of nitrogens with one attached hydrogen (secondary N) is 1. The van der Waals surface area contributed by atoms with Crippen LogP contribution in [0.2, 0.25) is 0 Å². The molecule has 0 bridgehead atoms. The quantitative estimate of drug-likeness (QED) is 0.718. The summed E-state index contributed by atoms with van der Waals surface area (Å²) in [7, 11) is 0. The largest absolute Gasteiger partial charge is 0.376 e. The molecule has 1 atom stereocenters. The van der Waals surface area contributed by atoms with Crippen molar-refractivity contribution >= 4 is 16.7 Å². The molecule has 1 N–H and O–H groups in total. The molecular formula is C18H17N5O2. The molecule has 3 aromatic rings. The second-order valence-electron chi connectivity index (χ2n) is 6.30. The average Bonchev–Trinajstić information content (AvgIpc) is 3.12. The first-order valence-electron chi connectivity index (χ1n) is 8.22. The normalized spacial score (nSPS) is 17.2. The highest BCUT2D eigenvalue weighted by atomic mass is 16.5. The second-order valence-corrected chi connectivity index (χ2v) is 6.30. The number of pyridine rings is 2. The molecule has 126 valence electrons. The highest BCUT2D eigenvalue weighted by Gasteiger charge is 2.20. The first kappa shape index (κ1) is 15.5. The Labute approximate surface area is 143 Å². The average molecular weight is 335 g/mol. The Morgan fingerprint density at radius 3 is 3.04 bits per heavy atom. The minimum Gasteiger partial charge on any atom is -0.376 e. The van der Waals surface area contributed by atoms with E-state index in [2.05, 4.69) is 4.98 Å². The van der Waals surface area contributed by atoms with Gasteiger partial charge in [0.2, 0.25) is 0 Å². The van der Waals surface area contributed by atoms with Crippen molar-refractivity contribution in [1.29, 1.82) is 10.7 Å². The molecule has 0 unspecified atom stereocenters. The number of hydrogen-bond acceptors (Lipinski definition) is 5. The van der Waals surface area contributed by atoms with E-state index < -0.39 is 0 Å². The van der Waals surface area contributed by atoms with Crippen LogP contribution in [0.4, 0.5) is 0 Å². The van der Waals surface area contributed by atoms with Crippen molar-refractivity contribution in [3.8, 4) is 6.07 Å². The predicted octanol–water partition coefficient (Wildman–Crippen LogP) is 1.49. The van der Waals surface area contributed by atoms with Gasteiger partial charge in [-0.05, 0) is 37.5 Å². The van der Waals surface area contributed by atoms with Crippen molar-refractivity contribution in [3.05, 3.63) is 51.4 Å². The zero-order valence-electron chi connectivity index (χ0n) is 13.8. The van der Waals surface area contributed by atoms with E-state index in [1.54, 1.807) is 16.8 Å². The van der Waals surface area contributed by atoms with Gasteiger partial charge in [-0.25, -0.2) is 4.98 Å². The van der Waals surface area contributed by atoms with Crippen LogP contribution in [0.1, 0.15) is 24.0 Å². The standard InChI is InChI=1S/C18H17N5O2/c1-11-4-2-6-22-16(11)21-17-14(18(22)24)8-12(9-19)15(20)23(17)10-13-5-3-7-25-13/h2,4,6,8,13,20H,3,5,7,10H2,1H3/t13-/m0/s1. The van der Waals surface area contributed by atoms with Gasteiger partial charge in [-0.3, -0.25) is 14.6 Å². The summed E-state index contributed by atoms with van der Waals surface area (Å²) in [5, 5.41) is 18.1. The molecule has 0 radical (unpaired) electrons. The number of nitrogens with zero attached hydrogens (tertiary/aromatic N) is 4. The van der Waals surface area contributed by atoms with Crippen LogP contribution in [0.15, 0.2) is 29.2 Å². The van der Waals surface area contributed by atoms with E-state index in [4.69, 9.17) is 10.1 Å². The SMILES string of the molecule is Cc1cccn2c(=O)c3cc(C#N)c(=N)n(C[C@@H]4CCCO4)c3nc12. The molecule has 3 aromatic heterocycles. The molecule has 25 heavy (non-hydrogen) atoms. The first-order chi connectivity index (χ1) is 12.1. The Morgan fingerprint density at radius 2 is 2.32 bits per heavy atom. The van der Waals surface area contributed by atoms with Crippen molar-refractivity contribution in [3.63, 3.8) is 0 Å². The molecule has 1 aliphatic heterocycles. The second kappa shape index (κ2) is 5.83. The smallest absolute Gasteiger partial charge is 0.267 e. The Morgan fingerprint density at radius 1 is 1.48 bits per heavy atom. The highest BCUT2D eigenvalue weighted by Crippen LogP contribution is 2.17. The van der Waals surface area contributed by atoms with Crippen LogP contribution in [0.3, 0.4) is 0 Å². The minimum atomic E-state index is -0.235. The number of aromatic nitrogens is 3. The lowest BCUT2D eigenvalue weighted by Crippen LogP contribution is -2.31. The Hall–Kier alpha value is -2.98. The summed E-state index contributed by atoms with van der Waals surface area (Å²) >= 11 is 0. The zero-order valence-corrected chi connectivity index (χ0v) is 13.8. The van der Waals surface area contributed by atoms with Crippen LogP contribution in [0.5, 0.6) is 0 Å². The van der Waals surface area contributed by atoms with Gasteiger partial charge in [0, 0.05) is 12.8 Å². The van der Waals surface area contributed by atoms with E-state index >= 15 is 0 Å². The van der Waals surface area contributed by atoms with E-state index in [0.29, 0.717) is 29.8 Å². The Balaban J connectivity index is 2.10. The maximum absolute atomic E-state index is 12.9. The molecule has 0 aliphatic carbocycles. The fraction of sp³-hybridized carbons (Fsp3) is 0.333. The van der Waals surface area contributed by atoms with Crippen molar-refractivity contribution in [1.82, 2.24) is 14.0 Å². The van der Waals surface area contributed by atoms with Crippen LogP contribution in [0, 0.1) is 23.7 Å². The molecule has 4 heterocycles. The lowest BCUT2D eigenvalue weighted by molar-refractivity contribution is 0.0967. The third kappa shape index (κ3) is 2.42. The van der Waals surface area contributed by atoms with Gasteiger partial charge in [0.25, 0.3) is 5.56 Å². The number of hydrogen-bond donors (Lipinski definition) is 1. The van der Waals surface area contributed by atoms with Gasteiger partial charge in [0.15, 0.2) is 0 Å². The van der Waals surface area contributed by atoms with Crippen molar-refractivity contribution in [2.24, 2.45) is 0 Å². The van der Waals surface area contributed by atoms with Crippen LogP contribution in [-0.2, 0) is 11.3 Å². The van der Waals surface area contributed by atoms with Gasteiger partial charge >= 0.3 is 0 Å². The Kier molecular flexibility index (Phi) is 3.62. The van der Waals surface area contributed by atoms with Gasteiger partial charge in [0.05, 0.1) is 23.6 Å². The third-order valence-electron chi connectivity index (χ3n) is 4.66. The summed E-state index contributed by atoms with van der Waals surface area (Å²) in [6.07, 6.45) is 3.52. The van der Waals surface area contributed by atoms with Gasteiger partial charge in [-0.1, -0.05) is 6.07 Å². The van der Waals surface area contributed by atoms with Gasteiger partial charge < -0.3 is 9.30 Å². The van der Waals surface area contributed by atoms with Gasteiger partial charge in [-0.15, -0.1) is 0 Å². The number of ether oxygens (including phenoxy) is 1. The third-order valence-corrected chi connectivity index (χ3v) is 4.66. The predicted molar refractivity (Wildman–Crippen MR) is 91.2 cm³/mol. The Bertz CT molecular complexity index is 1150. The molecule has 7 heteroatoms. The zero-order chi connectivity index (χ0) is 17.6. The molecule has 1 aliphatic rings. The molecule has 0 aromatic carbocycles. The molecule has 4 rings (SSSR count). The summed E-state index contributed by atoms with van der Waals surface area (Å²) in [4.78, 5) is 17.6. The number of rotatable bonds is 2. The maximum atomic E-state index is 12.9. The van der Waals surface area contributed by atoms with Crippen LogP contribution in [-0.4, -0.2) is 26.7 Å². The summed E-state index contributed by atoms with van der Waals surface area (Å²) in [5.41, 5.74) is 1.86. The van der Waals surface area contributed by atoms with E-state index in [-0.39, 0.29) is 22.7 Å². The van der Waals surface area contributed by atoms with Gasteiger partial charge in [0.1, 0.15) is 22.9 Å². The monoisotopic (exact) mass is 335 g/mol. The van der Waals surface area contributed by atoms with Crippen molar-refractivity contribution < 1.29 is 4.74 Å². The molecule has 0 amide bonds. The van der Waals surface area contributed by atoms with E-state index in [0.717, 1.165) is 18.4 Å². The number of nitriles is 1. The maximum Gasteiger partial charge on any atom is 0.267 e. The summed E-state index contributed by atoms with van der Waals surface area (Å²) in [6.45, 7) is 3.01. The van der Waals surface area contributed by atoms with E-state index in [1.807, 2.05) is 19.1 Å². The van der Waals surface area contributed by atoms with Crippen molar-refractivity contribution in [2.45, 2.75) is 32.4 Å². The van der Waals surface area contributed by atoms with Crippen molar-refractivity contribution in [2.75, 3.05) is 6.61 Å². The fourth-order valence-corrected chi connectivity index (χ4v) is 3.35. The first-order valence-corrected chi connectivity index (χ1v) is 8.22. The van der Waals surface area contributed by atoms with E-state index in [9.17, 15) is 10.1 Å². The van der Waals surface area contributed by atoms with Crippen LogP contribution in [0.25, 0.3) is 16.7 Å². The highest BCUT2D eigenvalue weighted by molar-refractivity contribution is 5.78. The molecule has 0 spiro atoms. The van der Waals surface area contributed by atoms with Crippen LogP contribution >= 0.6 is 0 Å². The van der Waals surface area contributed by atoms with E-state index in [1.165, 1.54) is 10.5 Å². The van der Waals surface area contributed by atoms with Crippen LogP contribution < -0.4 is 11.0 Å². The molecule has 0 saturated carbocycles. The summed E-state index contributed by atoms with van der Waals surface area (Å²) in [6, 6.07) is 7.17. The molecule has 7 nitrogen and oxygen atoms in total. The number of fused-ring (bicyclic) bond motifs is 2. The fourth-order valence-electron chi connectivity index (χ4n) is 3.35.